The SMILES string of the molecule is Cc1ccccc1[C@@H]1C2=C(CC(C)(C)CC2=O)Nc2c(C(=O)Nc3ccccc3)cnn21. The Morgan fingerprint density at radius 2 is 1.81 bits per heavy atom. The maximum Gasteiger partial charge on any atom is 0.261 e. The summed E-state index contributed by atoms with van der Waals surface area (Å²) >= 11 is 0. The maximum atomic E-state index is 13.3. The molecular formula is C26H26N4O2. The Labute approximate surface area is 187 Å². The van der Waals surface area contributed by atoms with E-state index in [2.05, 4.69) is 29.6 Å². The molecule has 2 heterocycles. The van der Waals surface area contributed by atoms with Crippen LogP contribution in [0, 0.1) is 12.3 Å². The normalized spacial score (nSPS) is 19.1. The minimum atomic E-state index is -0.357. The van der Waals surface area contributed by atoms with E-state index in [1.165, 1.54) is 0 Å². The maximum absolute atomic E-state index is 13.3. The fourth-order valence-electron chi connectivity index (χ4n) is 4.78. The molecule has 2 aromatic carbocycles. The van der Waals surface area contributed by atoms with Gasteiger partial charge in [-0.3, -0.25) is 9.59 Å². The first-order valence-corrected chi connectivity index (χ1v) is 10.9. The van der Waals surface area contributed by atoms with Crippen LogP contribution in [0.1, 0.15) is 54.2 Å². The Bertz CT molecular complexity index is 1250. The number of hydrogen-bond donors (Lipinski definition) is 2. The molecule has 0 saturated heterocycles. The molecule has 0 saturated carbocycles. The molecule has 162 valence electrons. The quantitative estimate of drug-likeness (QED) is 0.611. The monoisotopic (exact) mass is 426 g/mol. The molecule has 5 rings (SSSR count). The molecule has 3 aromatic rings. The molecule has 1 aliphatic heterocycles. The molecule has 2 aliphatic rings. The number of benzene rings is 2. The summed E-state index contributed by atoms with van der Waals surface area (Å²) in [5.41, 5.74) is 4.78. The second-order valence-electron chi connectivity index (χ2n) is 9.39. The van der Waals surface area contributed by atoms with Crippen LogP contribution in [0.5, 0.6) is 0 Å². The highest BCUT2D eigenvalue weighted by atomic mass is 16.1. The molecule has 1 amide bonds. The van der Waals surface area contributed by atoms with Crippen molar-refractivity contribution in [3.05, 3.63) is 88.8 Å². The van der Waals surface area contributed by atoms with E-state index in [4.69, 9.17) is 0 Å². The highest BCUT2D eigenvalue weighted by Gasteiger charge is 2.42. The molecule has 0 spiro atoms. The summed E-state index contributed by atoms with van der Waals surface area (Å²) in [5.74, 6) is 0.517. The summed E-state index contributed by atoms with van der Waals surface area (Å²) in [6.45, 7) is 6.25. The highest BCUT2D eigenvalue weighted by Crippen LogP contribution is 2.46. The lowest BCUT2D eigenvalue weighted by atomic mass is 9.72. The van der Waals surface area contributed by atoms with Crippen LogP contribution in [0.2, 0.25) is 0 Å². The van der Waals surface area contributed by atoms with Crippen molar-refractivity contribution < 1.29 is 9.59 Å². The number of carbonyl (C=O) groups is 2. The molecule has 32 heavy (non-hydrogen) atoms. The summed E-state index contributed by atoms with van der Waals surface area (Å²) in [6, 6.07) is 17.0. The van der Waals surface area contributed by atoms with Gasteiger partial charge in [0.2, 0.25) is 0 Å². The molecule has 1 aliphatic carbocycles. The number of allylic oxidation sites excluding steroid dienone is 2. The van der Waals surface area contributed by atoms with Gasteiger partial charge in [-0.1, -0.05) is 56.3 Å². The average molecular weight is 427 g/mol. The van der Waals surface area contributed by atoms with E-state index in [-0.39, 0.29) is 23.1 Å². The van der Waals surface area contributed by atoms with E-state index in [1.807, 2.05) is 61.5 Å². The second-order valence-corrected chi connectivity index (χ2v) is 9.39. The number of nitrogens with one attached hydrogen (secondary N) is 2. The van der Waals surface area contributed by atoms with Gasteiger partial charge in [0.05, 0.1) is 6.20 Å². The van der Waals surface area contributed by atoms with Gasteiger partial charge >= 0.3 is 0 Å². The molecule has 6 heteroatoms. The summed E-state index contributed by atoms with van der Waals surface area (Å²) < 4.78 is 1.79. The van der Waals surface area contributed by atoms with Crippen molar-refractivity contribution in [2.45, 2.75) is 39.7 Å². The third-order valence-corrected chi connectivity index (χ3v) is 6.26. The summed E-state index contributed by atoms with van der Waals surface area (Å²) in [6.07, 6.45) is 2.81. The lowest BCUT2D eigenvalue weighted by Crippen LogP contribution is -2.37. The number of fused-ring (bicyclic) bond motifs is 1. The lowest BCUT2D eigenvalue weighted by molar-refractivity contribution is -0.118. The third kappa shape index (κ3) is 3.42. The predicted octanol–water partition coefficient (Wildman–Crippen LogP) is 5.10. The zero-order valence-electron chi connectivity index (χ0n) is 18.5. The van der Waals surface area contributed by atoms with Crippen LogP contribution in [0.15, 0.2) is 72.1 Å². The second kappa shape index (κ2) is 7.48. The predicted molar refractivity (Wildman–Crippen MR) is 125 cm³/mol. The molecule has 0 bridgehead atoms. The van der Waals surface area contributed by atoms with E-state index >= 15 is 0 Å². The molecule has 2 N–H and O–H groups in total. The minimum absolute atomic E-state index is 0.133. The summed E-state index contributed by atoms with van der Waals surface area (Å²) in [5, 5.41) is 10.9. The number of ketones is 1. The van der Waals surface area contributed by atoms with Crippen LogP contribution in [-0.2, 0) is 4.79 Å². The first-order chi connectivity index (χ1) is 15.3. The van der Waals surface area contributed by atoms with Gasteiger partial charge in [-0.25, -0.2) is 4.68 Å². The Hall–Kier alpha value is -3.67. The zero-order valence-corrected chi connectivity index (χ0v) is 18.5. The Morgan fingerprint density at radius 3 is 2.56 bits per heavy atom. The number of amides is 1. The number of hydrogen-bond acceptors (Lipinski definition) is 4. The molecule has 0 radical (unpaired) electrons. The highest BCUT2D eigenvalue weighted by molar-refractivity contribution is 6.08. The molecule has 0 unspecified atom stereocenters. The largest absolute Gasteiger partial charge is 0.343 e. The first-order valence-electron chi connectivity index (χ1n) is 10.9. The van der Waals surface area contributed by atoms with Crippen molar-refractivity contribution >= 4 is 23.2 Å². The van der Waals surface area contributed by atoms with Crippen LogP contribution < -0.4 is 10.6 Å². The number of aromatic nitrogens is 2. The van der Waals surface area contributed by atoms with Crippen molar-refractivity contribution in [3.8, 4) is 0 Å². The fourth-order valence-corrected chi connectivity index (χ4v) is 4.78. The number of Topliss-reactive ketones (excluding diaryl/α,β-unsaturated/α-hetero) is 1. The summed E-state index contributed by atoms with van der Waals surface area (Å²) in [7, 11) is 0. The van der Waals surface area contributed by atoms with E-state index in [0.29, 0.717) is 17.8 Å². The van der Waals surface area contributed by atoms with Crippen molar-refractivity contribution in [2.75, 3.05) is 10.6 Å². The zero-order chi connectivity index (χ0) is 22.5. The van der Waals surface area contributed by atoms with Crippen molar-refractivity contribution in [1.82, 2.24) is 9.78 Å². The standard InChI is InChI=1S/C26H26N4O2/c1-16-9-7-8-12-18(16)23-22-20(13-26(2,3)14-21(22)31)29-24-19(15-27-30(23)24)25(32)28-17-10-5-4-6-11-17/h4-12,15,23,29H,13-14H2,1-3H3,(H,28,32)/t23-/m1/s1. The number of aryl methyl sites for hydroxylation is 1. The molecule has 0 fully saturated rings. The van der Waals surface area contributed by atoms with Gasteiger partial charge in [0.1, 0.15) is 17.4 Å². The Kier molecular flexibility index (Phi) is 4.73. The van der Waals surface area contributed by atoms with E-state index in [1.54, 1.807) is 10.9 Å². The average Bonchev–Trinajstić information content (AvgIpc) is 3.16. The number of carbonyl (C=O) groups excluding carboxylic acids is 2. The van der Waals surface area contributed by atoms with Gasteiger partial charge in [-0.05, 0) is 42.0 Å². The van der Waals surface area contributed by atoms with Crippen molar-refractivity contribution in [2.24, 2.45) is 5.41 Å². The number of anilines is 2. The van der Waals surface area contributed by atoms with E-state index in [0.717, 1.165) is 34.5 Å². The lowest BCUT2D eigenvalue weighted by Gasteiger charge is -2.39. The van der Waals surface area contributed by atoms with Crippen molar-refractivity contribution in [1.29, 1.82) is 0 Å². The summed E-state index contributed by atoms with van der Waals surface area (Å²) in [4.78, 5) is 26.4. The van der Waals surface area contributed by atoms with E-state index in [9.17, 15) is 9.59 Å². The topological polar surface area (TPSA) is 76.0 Å². The van der Waals surface area contributed by atoms with Crippen LogP contribution >= 0.6 is 0 Å². The van der Waals surface area contributed by atoms with Gasteiger partial charge < -0.3 is 10.6 Å². The van der Waals surface area contributed by atoms with Crippen LogP contribution in [0.3, 0.4) is 0 Å². The van der Waals surface area contributed by atoms with Crippen LogP contribution in [-0.4, -0.2) is 21.5 Å². The Balaban J connectivity index is 1.63. The number of nitrogens with zero attached hydrogens (tertiary/aromatic N) is 2. The minimum Gasteiger partial charge on any atom is -0.343 e. The smallest absolute Gasteiger partial charge is 0.261 e. The number of rotatable bonds is 3. The first kappa shape index (κ1) is 20.2. The van der Waals surface area contributed by atoms with Gasteiger partial charge in [0.15, 0.2) is 5.78 Å². The Morgan fingerprint density at radius 1 is 1.09 bits per heavy atom. The molecule has 6 nitrogen and oxygen atoms in total. The third-order valence-electron chi connectivity index (χ3n) is 6.26. The van der Waals surface area contributed by atoms with Gasteiger partial charge in [0.25, 0.3) is 5.91 Å². The van der Waals surface area contributed by atoms with Gasteiger partial charge in [-0.15, -0.1) is 0 Å². The fraction of sp³-hybridized carbons (Fsp3) is 0.269. The van der Waals surface area contributed by atoms with E-state index < -0.39 is 0 Å². The van der Waals surface area contributed by atoms with Crippen LogP contribution in [0.4, 0.5) is 11.5 Å². The van der Waals surface area contributed by atoms with Gasteiger partial charge in [-0.2, -0.15) is 5.10 Å². The van der Waals surface area contributed by atoms with Gasteiger partial charge in [0, 0.05) is 23.4 Å². The van der Waals surface area contributed by atoms with Crippen LogP contribution in [0.25, 0.3) is 0 Å². The molecule has 1 atom stereocenters. The van der Waals surface area contributed by atoms with Crippen molar-refractivity contribution in [3.63, 3.8) is 0 Å². The number of para-hydroxylation sites is 1. The molecular weight excluding hydrogens is 400 g/mol. The molecule has 1 aromatic heterocycles.